The van der Waals surface area contributed by atoms with Gasteiger partial charge in [0.15, 0.2) is 5.13 Å². The number of aryl methyl sites for hydroxylation is 3. The Labute approximate surface area is 175 Å². The highest BCUT2D eigenvalue weighted by atomic mass is 32.1. The van der Waals surface area contributed by atoms with Gasteiger partial charge in [-0.2, -0.15) is 0 Å². The number of rotatable bonds is 6. The number of aromatic nitrogens is 3. The normalized spacial score (nSPS) is 11.2. The van der Waals surface area contributed by atoms with E-state index < -0.39 is 11.9 Å². The summed E-state index contributed by atoms with van der Waals surface area (Å²) in [6.07, 6.45) is 0. The lowest BCUT2D eigenvalue weighted by molar-refractivity contribution is -0.116. The lowest BCUT2D eigenvalue weighted by Crippen LogP contribution is -2.29. The highest BCUT2D eigenvalue weighted by Crippen LogP contribution is 2.24. The van der Waals surface area contributed by atoms with Gasteiger partial charge in [-0.15, -0.1) is 11.3 Å². The molecule has 0 saturated carbocycles. The van der Waals surface area contributed by atoms with Crippen LogP contribution in [0.4, 0.5) is 5.13 Å². The number of fused-ring (bicyclic) bond motifs is 1. The predicted octanol–water partition coefficient (Wildman–Crippen LogP) is 3.29. The van der Waals surface area contributed by atoms with Crippen LogP contribution < -0.4 is 10.9 Å². The van der Waals surface area contributed by atoms with Crippen LogP contribution in [0.5, 0.6) is 0 Å². The predicted molar refractivity (Wildman–Crippen MR) is 114 cm³/mol. The van der Waals surface area contributed by atoms with Crippen molar-refractivity contribution in [2.24, 2.45) is 5.92 Å². The van der Waals surface area contributed by atoms with Crippen LogP contribution >= 0.6 is 22.7 Å². The van der Waals surface area contributed by atoms with Gasteiger partial charge in [0, 0.05) is 4.88 Å². The van der Waals surface area contributed by atoms with E-state index in [1.807, 2.05) is 20.8 Å². The zero-order valence-electron chi connectivity index (χ0n) is 16.9. The van der Waals surface area contributed by atoms with Gasteiger partial charge < -0.3 is 10.1 Å². The third-order valence-electron chi connectivity index (χ3n) is 4.04. The Morgan fingerprint density at radius 3 is 2.62 bits per heavy atom. The molecule has 3 heterocycles. The number of amides is 1. The Morgan fingerprint density at radius 1 is 1.21 bits per heavy atom. The van der Waals surface area contributed by atoms with Gasteiger partial charge in [-0.05, 0) is 32.8 Å². The van der Waals surface area contributed by atoms with Gasteiger partial charge in [0.25, 0.3) is 5.56 Å². The first kappa shape index (κ1) is 21.1. The van der Waals surface area contributed by atoms with Crippen molar-refractivity contribution in [2.45, 2.75) is 41.2 Å². The first-order valence-electron chi connectivity index (χ1n) is 9.07. The second-order valence-electron chi connectivity index (χ2n) is 7.10. The lowest BCUT2D eigenvalue weighted by atomic mass is 10.2. The number of ether oxygens (including phenoxy) is 1. The fourth-order valence-electron chi connectivity index (χ4n) is 2.67. The molecule has 10 heteroatoms. The lowest BCUT2D eigenvalue weighted by Gasteiger charge is -2.08. The topological polar surface area (TPSA) is 103 Å². The van der Waals surface area contributed by atoms with Crippen LogP contribution in [0.1, 0.15) is 39.9 Å². The Balaban J connectivity index is 1.75. The van der Waals surface area contributed by atoms with Gasteiger partial charge in [0.1, 0.15) is 22.1 Å². The van der Waals surface area contributed by atoms with Gasteiger partial charge in [0.2, 0.25) is 5.91 Å². The molecular weight excluding hydrogens is 412 g/mol. The maximum absolute atomic E-state index is 12.7. The van der Waals surface area contributed by atoms with Gasteiger partial charge >= 0.3 is 5.97 Å². The molecule has 3 aromatic rings. The summed E-state index contributed by atoms with van der Waals surface area (Å²) in [6.45, 7) is 9.32. The second kappa shape index (κ2) is 8.42. The maximum Gasteiger partial charge on any atom is 0.350 e. The van der Waals surface area contributed by atoms with E-state index in [2.05, 4.69) is 15.3 Å². The molecule has 0 fully saturated rings. The van der Waals surface area contributed by atoms with Crippen molar-refractivity contribution in [3.05, 3.63) is 37.7 Å². The standard InChI is InChI=1S/C19H22N4O4S2/c1-9(2)8-27-18(26)15-11(4)20-19(29-15)22-14(24)7-23-12(5)21-16-13(17(23)25)6-10(3)28-16/h6,9H,7-8H2,1-5H3,(H,20,22,24). The molecule has 0 unspecified atom stereocenters. The minimum Gasteiger partial charge on any atom is -0.461 e. The van der Waals surface area contributed by atoms with Crippen molar-refractivity contribution >= 4 is 49.9 Å². The van der Waals surface area contributed by atoms with E-state index in [9.17, 15) is 14.4 Å². The number of nitrogens with zero attached hydrogens (tertiary/aromatic N) is 3. The highest BCUT2D eigenvalue weighted by Gasteiger charge is 2.19. The van der Waals surface area contributed by atoms with Crippen LogP contribution in [-0.2, 0) is 16.1 Å². The molecule has 29 heavy (non-hydrogen) atoms. The van der Waals surface area contributed by atoms with Crippen molar-refractivity contribution in [3.63, 3.8) is 0 Å². The van der Waals surface area contributed by atoms with Crippen molar-refractivity contribution in [1.82, 2.24) is 14.5 Å². The molecule has 0 aliphatic carbocycles. The van der Waals surface area contributed by atoms with Gasteiger partial charge in [-0.25, -0.2) is 14.8 Å². The van der Waals surface area contributed by atoms with Crippen LogP contribution in [-0.4, -0.2) is 33.0 Å². The molecule has 0 bridgehead atoms. The number of carbonyl (C=O) groups is 2. The van der Waals surface area contributed by atoms with Crippen LogP contribution in [0.25, 0.3) is 10.2 Å². The number of esters is 1. The summed E-state index contributed by atoms with van der Waals surface area (Å²) >= 11 is 2.50. The smallest absolute Gasteiger partial charge is 0.350 e. The molecule has 1 amide bonds. The van der Waals surface area contributed by atoms with E-state index in [0.717, 1.165) is 16.2 Å². The van der Waals surface area contributed by atoms with E-state index in [-0.39, 0.29) is 23.2 Å². The van der Waals surface area contributed by atoms with Crippen molar-refractivity contribution < 1.29 is 14.3 Å². The zero-order valence-corrected chi connectivity index (χ0v) is 18.5. The largest absolute Gasteiger partial charge is 0.461 e. The summed E-state index contributed by atoms with van der Waals surface area (Å²) in [4.78, 5) is 48.0. The summed E-state index contributed by atoms with van der Waals surface area (Å²) < 4.78 is 6.56. The Hall–Kier alpha value is -2.59. The first-order chi connectivity index (χ1) is 13.7. The molecule has 0 atom stereocenters. The molecule has 0 radical (unpaired) electrons. The molecule has 3 rings (SSSR count). The summed E-state index contributed by atoms with van der Waals surface area (Å²) in [5, 5.41) is 3.45. The summed E-state index contributed by atoms with van der Waals surface area (Å²) in [6, 6.07) is 1.78. The number of thiazole rings is 1. The molecule has 0 saturated heterocycles. The van der Waals surface area contributed by atoms with E-state index in [1.54, 1.807) is 19.9 Å². The van der Waals surface area contributed by atoms with E-state index in [4.69, 9.17) is 4.74 Å². The Morgan fingerprint density at radius 2 is 1.93 bits per heavy atom. The third-order valence-corrected chi connectivity index (χ3v) is 6.04. The fourth-order valence-corrected chi connectivity index (χ4v) is 4.47. The Kier molecular flexibility index (Phi) is 6.13. The van der Waals surface area contributed by atoms with Crippen molar-refractivity contribution in [3.8, 4) is 0 Å². The fraction of sp³-hybridized carbons (Fsp3) is 0.421. The minimum absolute atomic E-state index is 0.186. The molecule has 8 nitrogen and oxygen atoms in total. The van der Waals surface area contributed by atoms with Crippen LogP contribution in [0.3, 0.4) is 0 Å². The van der Waals surface area contributed by atoms with Crippen LogP contribution in [0, 0.1) is 26.7 Å². The van der Waals surface area contributed by atoms with E-state index >= 15 is 0 Å². The van der Waals surface area contributed by atoms with E-state index in [1.165, 1.54) is 15.9 Å². The number of nitrogens with one attached hydrogen (secondary N) is 1. The molecule has 0 aromatic carbocycles. The first-order valence-corrected chi connectivity index (χ1v) is 10.7. The van der Waals surface area contributed by atoms with E-state index in [0.29, 0.717) is 33.2 Å². The van der Waals surface area contributed by atoms with Gasteiger partial charge in [0.05, 0.1) is 17.7 Å². The van der Waals surface area contributed by atoms with Gasteiger partial charge in [-0.1, -0.05) is 25.2 Å². The monoisotopic (exact) mass is 434 g/mol. The summed E-state index contributed by atoms with van der Waals surface area (Å²) in [5.74, 6) is -0.179. The van der Waals surface area contributed by atoms with Crippen molar-refractivity contribution in [1.29, 1.82) is 0 Å². The number of anilines is 1. The second-order valence-corrected chi connectivity index (χ2v) is 9.33. The molecule has 0 aliphatic heterocycles. The number of carbonyl (C=O) groups excluding carboxylic acids is 2. The highest BCUT2D eigenvalue weighted by molar-refractivity contribution is 7.18. The molecule has 0 spiro atoms. The summed E-state index contributed by atoms with van der Waals surface area (Å²) in [7, 11) is 0. The number of hydrogen-bond donors (Lipinski definition) is 1. The number of thiophene rings is 1. The summed E-state index contributed by atoms with van der Waals surface area (Å²) in [5.41, 5.74) is 0.240. The zero-order chi connectivity index (χ0) is 21.3. The van der Waals surface area contributed by atoms with Crippen LogP contribution in [0.2, 0.25) is 0 Å². The third kappa shape index (κ3) is 4.70. The number of hydrogen-bond acceptors (Lipinski definition) is 8. The molecule has 1 N–H and O–H groups in total. The SMILES string of the molecule is Cc1cc2c(=O)n(CC(=O)Nc3nc(C)c(C(=O)OCC(C)C)s3)c(C)nc2s1. The Bertz CT molecular complexity index is 1140. The molecule has 154 valence electrons. The van der Waals surface area contributed by atoms with Crippen molar-refractivity contribution in [2.75, 3.05) is 11.9 Å². The van der Waals surface area contributed by atoms with Gasteiger partial charge in [-0.3, -0.25) is 14.2 Å². The average molecular weight is 435 g/mol. The molecule has 3 aromatic heterocycles. The van der Waals surface area contributed by atoms with Crippen LogP contribution in [0.15, 0.2) is 10.9 Å². The minimum atomic E-state index is -0.455. The quantitative estimate of drug-likeness (QED) is 0.597. The molecule has 0 aliphatic rings. The molecular formula is C19H22N4O4S2. The average Bonchev–Trinajstić information content (AvgIpc) is 3.18. The maximum atomic E-state index is 12.7.